The molecule has 0 aliphatic heterocycles. The van der Waals surface area contributed by atoms with Crippen LogP contribution in [0.2, 0.25) is 0 Å². The minimum Gasteiger partial charge on any atom is -0.478 e. The molecule has 1 aromatic rings. The summed E-state index contributed by atoms with van der Waals surface area (Å²) in [5, 5.41) is 28.2. The smallest absolute Gasteiger partial charge is 0.336 e. The van der Waals surface area contributed by atoms with Gasteiger partial charge in [0.1, 0.15) is 6.10 Å². The third kappa shape index (κ3) is 2.38. The van der Waals surface area contributed by atoms with Gasteiger partial charge in [-0.15, -0.1) is 0 Å². The number of hydrogen-bond donors (Lipinski definition) is 4. The molecule has 2 atom stereocenters. The molecule has 2 unspecified atom stereocenters. The molecule has 5 nitrogen and oxygen atoms in total. The first-order valence-electron chi connectivity index (χ1n) is 4.88. The quantitative estimate of drug-likeness (QED) is 0.579. The number of rotatable bonds is 4. The van der Waals surface area contributed by atoms with Gasteiger partial charge >= 0.3 is 5.97 Å². The first-order chi connectivity index (χ1) is 7.49. The van der Waals surface area contributed by atoms with Crippen LogP contribution in [-0.4, -0.2) is 33.9 Å². The van der Waals surface area contributed by atoms with E-state index in [9.17, 15) is 15.0 Å². The Morgan fingerprint density at radius 1 is 1.44 bits per heavy atom. The summed E-state index contributed by atoms with van der Waals surface area (Å²) in [5.41, 5.74) is 6.04. The minimum absolute atomic E-state index is 0.0139. The SMILES string of the molecule is Cc1cccc(C(=O)O)c1C(O)C(O)CN. The van der Waals surface area contributed by atoms with Gasteiger partial charge in [0.05, 0.1) is 11.7 Å². The molecule has 0 radical (unpaired) electrons. The summed E-state index contributed by atoms with van der Waals surface area (Å²) in [6.07, 6.45) is -2.45. The molecule has 5 heteroatoms. The minimum atomic E-state index is -1.28. The van der Waals surface area contributed by atoms with Crippen LogP contribution in [0.15, 0.2) is 18.2 Å². The van der Waals surface area contributed by atoms with E-state index in [-0.39, 0.29) is 17.7 Å². The first-order valence-corrected chi connectivity index (χ1v) is 4.88. The Kier molecular flexibility index (Phi) is 4.00. The number of carboxylic acids is 1. The second-order valence-corrected chi connectivity index (χ2v) is 3.59. The average Bonchev–Trinajstić information content (AvgIpc) is 2.26. The van der Waals surface area contributed by atoms with Gasteiger partial charge in [0.15, 0.2) is 0 Å². The van der Waals surface area contributed by atoms with Crippen LogP contribution in [0, 0.1) is 6.92 Å². The second kappa shape index (κ2) is 5.07. The fourth-order valence-electron chi connectivity index (χ4n) is 1.58. The lowest BCUT2D eigenvalue weighted by atomic mass is 9.94. The van der Waals surface area contributed by atoms with Crippen LogP contribution >= 0.6 is 0 Å². The van der Waals surface area contributed by atoms with Crippen LogP contribution in [0.1, 0.15) is 27.6 Å². The lowest BCUT2D eigenvalue weighted by molar-refractivity contribution is 0.0228. The van der Waals surface area contributed by atoms with Gasteiger partial charge in [-0.05, 0) is 18.6 Å². The lowest BCUT2D eigenvalue weighted by Gasteiger charge is -2.20. The Hall–Kier alpha value is -1.43. The van der Waals surface area contributed by atoms with Crippen LogP contribution in [0.4, 0.5) is 0 Å². The van der Waals surface area contributed by atoms with E-state index in [1.807, 2.05) is 0 Å². The molecule has 0 heterocycles. The van der Waals surface area contributed by atoms with E-state index in [2.05, 4.69) is 0 Å². The normalized spacial score (nSPS) is 14.5. The maximum atomic E-state index is 11.0. The number of carbonyl (C=O) groups is 1. The van der Waals surface area contributed by atoms with Crippen molar-refractivity contribution in [3.8, 4) is 0 Å². The molecule has 0 spiro atoms. The number of aliphatic hydroxyl groups excluding tert-OH is 2. The van der Waals surface area contributed by atoms with Crippen molar-refractivity contribution < 1.29 is 20.1 Å². The zero-order valence-electron chi connectivity index (χ0n) is 8.92. The summed E-state index contributed by atoms with van der Waals surface area (Å²) in [6, 6.07) is 4.65. The number of benzene rings is 1. The summed E-state index contributed by atoms with van der Waals surface area (Å²) < 4.78 is 0. The molecule has 0 amide bonds. The Bertz CT molecular complexity index is 392. The van der Waals surface area contributed by atoms with Gasteiger partial charge in [0.2, 0.25) is 0 Å². The maximum absolute atomic E-state index is 11.0. The molecule has 0 bridgehead atoms. The molecule has 0 fully saturated rings. The number of aliphatic hydroxyl groups is 2. The second-order valence-electron chi connectivity index (χ2n) is 3.59. The van der Waals surface area contributed by atoms with Crippen molar-refractivity contribution in [2.24, 2.45) is 5.73 Å². The monoisotopic (exact) mass is 225 g/mol. The fraction of sp³-hybridized carbons (Fsp3) is 0.364. The van der Waals surface area contributed by atoms with E-state index in [4.69, 9.17) is 10.8 Å². The van der Waals surface area contributed by atoms with Gasteiger partial charge < -0.3 is 21.1 Å². The highest BCUT2D eigenvalue weighted by molar-refractivity contribution is 5.90. The van der Waals surface area contributed by atoms with Crippen molar-refractivity contribution >= 4 is 5.97 Å². The van der Waals surface area contributed by atoms with Crippen molar-refractivity contribution in [1.82, 2.24) is 0 Å². The average molecular weight is 225 g/mol. The molecule has 0 saturated carbocycles. The molecule has 0 saturated heterocycles. The number of nitrogens with two attached hydrogens (primary N) is 1. The fourth-order valence-corrected chi connectivity index (χ4v) is 1.58. The number of carboxylic acid groups (broad SMARTS) is 1. The third-order valence-electron chi connectivity index (χ3n) is 2.46. The van der Waals surface area contributed by atoms with Crippen LogP contribution < -0.4 is 5.73 Å². The van der Waals surface area contributed by atoms with Gasteiger partial charge in [-0.3, -0.25) is 0 Å². The maximum Gasteiger partial charge on any atom is 0.336 e. The molecule has 1 aromatic carbocycles. The van der Waals surface area contributed by atoms with E-state index >= 15 is 0 Å². The standard InChI is InChI=1S/C11H15NO4/c1-6-3-2-4-7(11(15)16)9(6)10(14)8(13)5-12/h2-4,8,10,13-14H,5,12H2,1H3,(H,15,16). The van der Waals surface area contributed by atoms with Crippen molar-refractivity contribution in [3.05, 3.63) is 34.9 Å². The third-order valence-corrected chi connectivity index (χ3v) is 2.46. The Labute approximate surface area is 93.1 Å². The van der Waals surface area contributed by atoms with Gasteiger partial charge in [-0.2, -0.15) is 0 Å². The van der Waals surface area contributed by atoms with Crippen molar-refractivity contribution in [1.29, 1.82) is 0 Å². The topological polar surface area (TPSA) is 104 Å². The number of hydrogen-bond acceptors (Lipinski definition) is 4. The predicted molar refractivity (Wildman–Crippen MR) is 58.2 cm³/mol. The highest BCUT2D eigenvalue weighted by Crippen LogP contribution is 2.24. The Morgan fingerprint density at radius 3 is 2.56 bits per heavy atom. The van der Waals surface area contributed by atoms with Gasteiger partial charge in [0, 0.05) is 12.1 Å². The molecular weight excluding hydrogens is 210 g/mol. The molecule has 1 rings (SSSR count). The summed E-state index contributed by atoms with van der Waals surface area (Å²) in [5.74, 6) is -1.14. The highest BCUT2D eigenvalue weighted by Gasteiger charge is 2.24. The summed E-state index contributed by atoms with van der Waals surface area (Å²) >= 11 is 0. The number of aromatic carboxylic acids is 1. The lowest BCUT2D eigenvalue weighted by Crippen LogP contribution is -2.28. The summed E-state index contributed by atoms with van der Waals surface area (Å²) in [7, 11) is 0. The van der Waals surface area contributed by atoms with Crippen LogP contribution in [0.25, 0.3) is 0 Å². The number of aryl methyl sites for hydroxylation is 1. The van der Waals surface area contributed by atoms with Crippen LogP contribution in [0.5, 0.6) is 0 Å². The molecule has 0 aromatic heterocycles. The van der Waals surface area contributed by atoms with Gasteiger partial charge in [-0.1, -0.05) is 12.1 Å². The van der Waals surface area contributed by atoms with E-state index in [1.54, 1.807) is 19.1 Å². The van der Waals surface area contributed by atoms with E-state index in [0.717, 1.165) is 0 Å². The molecule has 0 aliphatic carbocycles. The van der Waals surface area contributed by atoms with Crippen molar-refractivity contribution in [2.45, 2.75) is 19.1 Å². The molecule has 0 aliphatic rings. The molecule has 5 N–H and O–H groups in total. The zero-order valence-corrected chi connectivity index (χ0v) is 8.92. The van der Waals surface area contributed by atoms with E-state index in [0.29, 0.717) is 5.56 Å². The summed E-state index contributed by atoms with van der Waals surface area (Å²) in [4.78, 5) is 11.0. The highest BCUT2D eigenvalue weighted by atomic mass is 16.4. The van der Waals surface area contributed by atoms with Crippen LogP contribution in [-0.2, 0) is 0 Å². The molecule has 16 heavy (non-hydrogen) atoms. The van der Waals surface area contributed by atoms with E-state index in [1.165, 1.54) is 6.07 Å². The van der Waals surface area contributed by atoms with E-state index < -0.39 is 18.2 Å². The largest absolute Gasteiger partial charge is 0.478 e. The Balaban J connectivity index is 3.24. The van der Waals surface area contributed by atoms with Gasteiger partial charge in [0.25, 0.3) is 0 Å². The van der Waals surface area contributed by atoms with Gasteiger partial charge in [-0.25, -0.2) is 4.79 Å². The van der Waals surface area contributed by atoms with Crippen molar-refractivity contribution in [2.75, 3.05) is 6.54 Å². The predicted octanol–water partition coefficient (Wildman–Crippen LogP) is 0.0462. The van der Waals surface area contributed by atoms with Crippen molar-refractivity contribution in [3.63, 3.8) is 0 Å². The zero-order chi connectivity index (χ0) is 12.3. The molecule has 88 valence electrons. The molecular formula is C11H15NO4. The summed E-state index contributed by atoms with van der Waals surface area (Å²) in [6.45, 7) is 1.54. The Morgan fingerprint density at radius 2 is 2.06 bits per heavy atom. The first kappa shape index (κ1) is 12.6. The van der Waals surface area contributed by atoms with Crippen LogP contribution in [0.3, 0.4) is 0 Å².